The molecule has 138 valence electrons. The summed E-state index contributed by atoms with van der Waals surface area (Å²) in [6.07, 6.45) is 2.81. The van der Waals surface area contributed by atoms with Crippen molar-refractivity contribution in [2.24, 2.45) is 5.92 Å². The third-order valence-electron chi connectivity index (χ3n) is 4.36. The first kappa shape index (κ1) is 19.7. The molecule has 1 aliphatic rings. The smallest absolute Gasteiger partial charge is 0.241 e. The number of hydrogen-bond acceptors (Lipinski definition) is 4. The molecule has 1 aliphatic heterocycles. The van der Waals surface area contributed by atoms with E-state index in [1.807, 2.05) is 4.90 Å². The molecule has 0 bridgehead atoms. The van der Waals surface area contributed by atoms with Crippen LogP contribution in [0.3, 0.4) is 0 Å². The Hall–Kier alpha value is -1.66. The summed E-state index contributed by atoms with van der Waals surface area (Å²) in [5.41, 5.74) is 0.382. The molecule has 1 aromatic rings. The normalized spacial score (nSPS) is 15.1. The summed E-state index contributed by atoms with van der Waals surface area (Å²) in [5.74, 6) is 0.455. The van der Waals surface area contributed by atoms with Crippen LogP contribution in [-0.2, 0) is 9.59 Å². The van der Waals surface area contributed by atoms with E-state index in [9.17, 15) is 14.7 Å². The number of rotatable bonds is 6. The van der Waals surface area contributed by atoms with E-state index in [0.717, 1.165) is 19.3 Å². The van der Waals surface area contributed by atoms with Gasteiger partial charge in [-0.2, -0.15) is 0 Å². The molecule has 8 heteroatoms. The molecule has 0 saturated carbocycles. The van der Waals surface area contributed by atoms with Crippen molar-refractivity contribution in [3.8, 4) is 5.75 Å². The number of halogens is 2. The highest BCUT2D eigenvalue weighted by molar-refractivity contribution is 6.42. The predicted molar refractivity (Wildman–Crippen MR) is 99.2 cm³/mol. The fourth-order valence-corrected chi connectivity index (χ4v) is 3.21. The standard InChI is InChI=1S/C17H23Cl2N3O3/c1-11(23)20-5-2-12-3-6-22(7-4-12)17(25)10-21-15-8-13(18)14(19)9-16(15)24/h8-9,12,21,24H,2-7,10H2,1H3,(H,20,23). The molecule has 0 unspecified atom stereocenters. The number of nitrogens with zero attached hydrogens (tertiary/aromatic N) is 1. The van der Waals surface area contributed by atoms with Gasteiger partial charge in [-0.15, -0.1) is 0 Å². The Morgan fingerprint density at radius 2 is 1.88 bits per heavy atom. The van der Waals surface area contributed by atoms with E-state index >= 15 is 0 Å². The van der Waals surface area contributed by atoms with E-state index in [1.165, 1.54) is 19.1 Å². The van der Waals surface area contributed by atoms with Crippen LogP contribution in [0.15, 0.2) is 12.1 Å². The van der Waals surface area contributed by atoms with Crippen molar-refractivity contribution in [1.82, 2.24) is 10.2 Å². The van der Waals surface area contributed by atoms with Gasteiger partial charge in [-0.3, -0.25) is 9.59 Å². The Morgan fingerprint density at radius 1 is 1.24 bits per heavy atom. The third-order valence-corrected chi connectivity index (χ3v) is 5.08. The molecular formula is C17H23Cl2N3O3. The molecule has 0 spiro atoms. The fraction of sp³-hybridized carbons (Fsp3) is 0.529. The second-order valence-corrected chi connectivity index (χ2v) is 7.05. The number of benzene rings is 1. The highest BCUT2D eigenvalue weighted by atomic mass is 35.5. The Labute approximate surface area is 157 Å². The number of carbonyl (C=O) groups excluding carboxylic acids is 2. The van der Waals surface area contributed by atoms with E-state index in [0.29, 0.717) is 36.3 Å². The number of aromatic hydroxyl groups is 1. The van der Waals surface area contributed by atoms with Crippen LogP contribution >= 0.6 is 23.2 Å². The van der Waals surface area contributed by atoms with Gasteiger partial charge in [0, 0.05) is 32.6 Å². The second-order valence-electron chi connectivity index (χ2n) is 6.23. The molecule has 1 fully saturated rings. The van der Waals surface area contributed by atoms with Crippen LogP contribution in [0.25, 0.3) is 0 Å². The van der Waals surface area contributed by atoms with Crippen molar-refractivity contribution < 1.29 is 14.7 Å². The van der Waals surface area contributed by atoms with Crippen molar-refractivity contribution in [2.75, 3.05) is 31.5 Å². The maximum absolute atomic E-state index is 12.3. The van der Waals surface area contributed by atoms with Crippen LogP contribution in [0.2, 0.25) is 10.0 Å². The number of phenolic OH excluding ortho intramolecular Hbond substituents is 1. The maximum atomic E-state index is 12.3. The molecular weight excluding hydrogens is 365 g/mol. The first-order chi connectivity index (χ1) is 11.9. The molecule has 3 N–H and O–H groups in total. The quantitative estimate of drug-likeness (QED) is 0.655. The number of anilines is 1. The summed E-state index contributed by atoms with van der Waals surface area (Å²) in [4.78, 5) is 25.0. The minimum absolute atomic E-state index is 0.00996. The fourth-order valence-electron chi connectivity index (χ4n) is 2.88. The summed E-state index contributed by atoms with van der Waals surface area (Å²) >= 11 is 11.7. The number of likely N-dealkylation sites (tertiary alicyclic amines) is 1. The predicted octanol–water partition coefficient (Wildman–Crippen LogP) is 2.88. The number of piperidine rings is 1. The van der Waals surface area contributed by atoms with Gasteiger partial charge < -0.3 is 20.6 Å². The van der Waals surface area contributed by atoms with Gasteiger partial charge in [0.15, 0.2) is 0 Å². The average molecular weight is 388 g/mol. The number of hydrogen-bond donors (Lipinski definition) is 3. The molecule has 1 aromatic carbocycles. The molecule has 0 aromatic heterocycles. The van der Waals surface area contributed by atoms with Crippen LogP contribution in [-0.4, -0.2) is 48.0 Å². The van der Waals surface area contributed by atoms with Crippen LogP contribution in [0.1, 0.15) is 26.2 Å². The maximum Gasteiger partial charge on any atom is 0.241 e. The van der Waals surface area contributed by atoms with E-state index in [4.69, 9.17) is 23.2 Å². The average Bonchev–Trinajstić information content (AvgIpc) is 2.57. The number of carbonyl (C=O) groups is 2. The minimum Gasteiger partial charge on any atom is -0.506 e. The van der Waals surface area contributed by atoms with E-state index in [-0.39, 0.29) is 29.1 Å². The zero-order chi connectivity index (χ0) is 18.4. The highest BCUT2D eigenvalue weighted by Gasteiger charge is 2.22. The largest absolute Gasteiger partial charge is 0.506 e. The van der Waals surface area contributed by atoms with Gasteiger partial charge in [0.1, 0.15) is 5.75 Å². The van der Waals surface area contributed by atoms with Crippen LogP contribution in [0.4, 0.5) is 5.69 Å². The molecule has 0 aliphatic carbocycles. The number of amides is 2. The molecule has 6 nitrogen and oxygen atoms in total. The van der Waals surface area contributed by atoms with E-state index in [1.54, 1.807) is 0 Å². The Bertz CT molecular complexity index is 632. The molecule has 2 amide bonds. The van der Waals surface area contributed by atoms with Crippen LogP contribution in [0, 0.1) is 5.92 Å². The summed E-state index contributed by atoms with van der Waals surface area (Å²) < 4.78 is 0. The lowest BCUT2D eigenvalue weighted by Crippen LogP contribution is -2.41. The monoisotopic (exact) mass is 387 g/mol. The Kier molecular flexibility index (Phi) is 7.20. The van der Waals surface area contributed by atoms with Crippen molar-refractivity contribution in [3.05, 3.63) is 22.2 Å². The molecule has 2 rings (SSSR count). The second kappa shape index (κ2) is 9.15. The van der Waals surface area contributed by atoms with Crippen LogP contribution in [0.5, 0.6) is 5.75 Å². The first-order valence-corrected chi connectivity index (χ1v) is 9.06. The minimum atomic E-state index is -0.0427. The number of nitrogens with one attached hydrogen (secondary N) is 2. The third kappa shape index (κ3) is 5.97. The van der Waals surface area contributed by atoms with Crippen molar-refractivity contribution >= 4 is 40.7 Å². The molecule has 0 radical (unpaired) electrons. The van der Waals surface area contributed by atoms with E-state index < -0.39 is 0 Å². The summed E-state index contributed by atoms with van der Waals surface area (Å²) in [7, 11) is 0. The number of phenols is 1. The zero-order valence-corrected chi connectivity index (χ0v) is 15.7. The van der Waals surface area contributed by atoms with Crippen molar-refractivity contribution in [1.29, 1.82) is 0 Å². The van der Waals surface area contributed by atoms with Gasteiger partial charge in [-0.05, 0) is 31.2 Å². The highest BCUT2D eigenvalue weighted by Crippen LogP contribution is 2.33. The first-order valence-electron chi connectivity index (χ1n) is 8.31. The summed E-state index contributed by atoms with van der Waals surface area (Å²) in [5, 5.41) is 16.1. The van der Waals surface area contributed by atoms with Gasteiger partial charge in [0.2, 0.25) is 11.8 Å². The molecule has 1 heterocycles. The lowest BCUT2D eigenvalue weighted by atomic mass is 9.93. The SMILES string of the molecule is CC(=O)NCCC1CCN(C(=O)CNc2cc(Cl)c(Cl)cc2O)CC1. The van der Waals surface area contributed by atoms with Crippen molar-refractivity contribution in [3.63, 3.8) is 0 Å². The van der Waals surface area contributed by atoms with Crippen molar-refractivity contribution in [2.45, 2.75) is 26.2 Å². The lowest BCUT2D eigenvalue weighted by Gasteiger charge is -2.32. The van der Waals surface area contributed by atoms with E-state index in [2.05, 4.69) is 10.6 Å². The molecule has 25 heavy (non-hydrogen) atoms. The van der Waals surface area contributed by atoms with Gasteiger partial charge in [-0.25, -0.2) is 0 Å². The topological polar surface area (TPSA) is 81.7 Å². The summed E-state index contributed by atoms with van der Waals surface area (Å²) in [6.45, 7) is 3.70. The lowest BCUT2D eigenvalue weighted by molar-refractivity contribution is -0.130. The van der Waals surface area contributed by atoms with Gasteiger partial charge in [0.25, 0.3) is 0 Å². The van der Waals surface area contributed by atoms with Gasteiger partial charge in [0.05, 0.1) is 22.3 Å². The molecule has 1 saturated heterocycles. The Balaban J connectivity index is 1.75. The van der Waals surface area contributed by atoms with Crippen LogP contribution < -0.4 is 10.6 Å². The Morgan fingerprint density at radius 3 is 2.52 bits per heavy atom. The van der Waals surface area contributed by atoms with Gasteiger partial charge >= 0.3 is 0 Å². The summed E-state index contributed by atoms with van der Waals surface area (Å²) in [6, 6.07) is 2.85. The zero-order valence-electron chi connectivity index (χ0n) is 14.1. The molecule has 0 atom stereocenters. The van der Waals surface area contributed by atoms with Gasteiger partial charge in [-0.1, -0.05) is 23.2 Å².